The fourth-order valence-electron chi connectivity index (χ4n) is 3.13. The van der Waals surface area contributed by atoms with E-state index in [4.69, 9.17) is 0 Å². The lowest BCUT2D eigenvalue weighted by Gasteiger charge is -2.38. The minimum absolute atomic E-state index is 0.210. The summed E-state index contributed by atoms with van der Waals surface area (Å²) >= 11 is 1.59. The van der Waals surface area contributed by atoms with E-state index in [1.54, 1.807) is 11.3 Å². The van der Waals surface area contributed by atoms with Crippen LogP contribution < -0.4 is 0 Å². The van der Waals surface area contributed by atoms with Gasteiger partial charge in [-0.3, -0.25) is 9.69 Å². The molecule has 2 heterocycles. The van der Waals surface area contributed by atoms with E-state index in [-0.39, 0.29) is 5.91 Å². The first-order valence-electron chi connectivity index (χ1n) is 6.90. The van der Waals surface area contributed by atoms with Crippen LogP contribution in [0.1, 0.15) is 36.0 Å². The molecule has 3 nitrogen and oxygen atoms in total. The normalized spacial score (nSPS) is 22.6. The summed E-state index contributed by atoms with van der Waals surface area (Å²) in [4.78, 5) is 16.8. The SMILES string of the molecule is O=C(c1ccsc1)N1CCN(C2CCCC2)CC1. The fraction of sp³-hybridized carbons (Fsp3) is 0.643. The number of amides is 1. The van der Waals surface area contributed by atoms with Gasteiger partial charge in [-0.2, -0.15) is 11.3 Å². The van der Waals surface area contributed by atoms with Gasteiger partial charge in [-0.1, -0.05) is 12.8 Å². The third-order valence-electron chi connectivity index (χ3n) is 4.21. The molecule has 1 aromatic rings. The summed E-state index contributed by atoms with van der Waals surface area (Å²) in [5, 5.41) is 3.92. The van der Waals surface area contributed by atoms with Gasteiger partial charge in [0.25, 0.3) is 5.91 Å². The molecule has 1 aliphatic carbocycles. The van der Waals surface area contributed by atoms with Gasteiger partial charge in [0.15, 0.2) is 0 Å². The second kappa shape index (κ2) is 5.41. The van der Waals surface area contributed by atoms with E-state index in [1.807, 2.05) is 21.7 Å². The molecule has 3 rings (SSSR count). The Morgan fingerprint density at radius 3 is 2.50 bits per heavy atom. The van der Waals surface area contributed by atoms with Crippen LogP contribution in [0.25, 0.3) is 0 Å². The average molecular weight is 264 g/mol. The monoisotopic (exact) mass is 264 g/mol. The second-order valence-electron chi connectivity index (χ2n) is 5.28. The first-order valence-corrected chi connectivity index (χ1v) is 7.84. The maximum absolute atomic E-state index is 12.2. The molecular weight excluding hydrogens is 244 g/mol. The summed E-state index contributed by atoms with van der Waals surface area (Å²) < 4.78 is 0. The standard InChI is InChI=1S/C14H20N2OS/c17-14(12-5-10-18-11-12)16-8-6-15(7-9-16)13-3-1-2-4-13/h5,10-11,13H,1-4,6-9H2. The Bertz CT molecular complexity index is 390. The number of nitrogens with zero attached hydrogens (tertiary/aromatic N) is 2. The molecule has 2 fully saturated rings. The summed E-state index contributed by atoms with van der Waals surface area (Å²) in [7, 11) is 0. The van der Waals surface area contributed by atoms with Gasteiger partial charge in [-0.15, -0.1) is 0 Å². The molecule has 1 aliphatic heterocycles. The largest absolute Gasteiger partial charge is 0.336 e. The molecule has 1 aromatic heterocycles. The number of carbonyl (C=O) groups excluding carboxylic acids is 1. The maximum atomic E-state index is 12.2. The van der Waals surface area contributed by atoms with Crippen molar-refractivity contribution in [2.24, 2.45) is 0 Å². The van der Waals surface area contributed by atoms with Gasteiger partial charge < -0.3 is 4.90 Å². The van der Waals surface area contributed by atoms with Crippen molar-refractivity contribution >= 4 is 17.2 Å². The van der Waals surface area contributed by atoms with Crippen molar-refractivity contribution in [2.75, 3.05) is 26.2 Å². The van der Waals surface area contributed by atoms with E-state index in [0.717, 1.165) is 37.8 Å². The maximum Gasteiger partial charge on any atom is 0.254 e. The topological polar surface area (TPSA) is 23.6 Å². The Hall–Kier alpha value is -0.870. The molecular formula is C14H20N2OS. The third kappa shape index (κ3) is 2.45. The van der Waals surface area contributed by atoms with Crippen molar-refractivity contribution in [3.8, 4) is 0 Å². The van der Waals surface area contributed by atoms with Gasteiger partial charge >= 0.3 is 0 Å². The highest BCUT2D eigenvalue weighted by atomic mass is 32.1. The minimum atomic E-state index is 0.210. The third-order valence-corrected chi connectivity index (χ3v) is 4.89. The van der Waals surface area contributed by atoms with E-state index in [0.29, 0.717) is 0 Å². The first kappa shape index (κ1) is 12.2. The zero-order valence-corrected chi connectivity index (χ0v) is 11.5. The van der Waals surface area contributed by atoms with Crippen LogP contribution in [0.15, 0.2) is 16.8 Å². The van der Waals surface area contributed by atoms with Gasteiger partial charge in [-0.25, -0.2) is 0 Å². The van der Waals surface area contributed by atoms with Crippen molar-refractivity contribution in [1.29, 1.82) is 0 Å². The van der Waals surface area contributed by atoms with Crippen LogP contribution in [0, 0.1) is 0 Å². The molecule has 4 heteroatoms. The van der Waals surface area contributed by atoms with Crippen LogP contribution >= 0.6 is 11.3 Å². The Labute approximate surface area is 112 Å². The summed E-state index contributed by atoms with van der Waals surface area (Å²) in [5.41, 5.74) is 0.856. The lowest BCUT2D eigenvalue weighted by Crippen LogP contribution is -2.51. The van der Waals surface area contributed by atoms with E-state index in [2.05, 4.69) is 4.90 Å². The average Bonchev–Trinajstić information content (AvgIpc) is 3.11. The molecule has 0 spiro atoms. The highest BCUT2D eigenvalue weighted by Gasteiger charge is 2.28. The Morgan fingerprint density at radius 2 is 1.89 bits per heavy atom. The van der Waals surface area contributed by atoms with Gasteiger partial charge in [0.1, 0.15) is 0 Å². The molecule has 0 atom stereocenters. The zero-order chi connectivity index (χ0) is 12.4. The zero-order valence-electron chi connectivity index (χ0n) is 10.7. The lowest BCUT2D eigenvalue weighted by atomic mass is 10.1. The van der Waals surface area contributed by atoms with E-state index in [1.165, 1.54) is 25.7 Å². The molecule has 0 bridgehead atoms. The predicted octanol–water partition coefficient (Wildman–Crippen LogP) is 2.45. The van der Waals surface area contributed by atoms with Gasteiger partial charge in [0, 0.05) is 37.6 Å². The van der Waals surface area contributed by atoms with Crippen LogP contribution in [0.3, 0.4) is 0 Å². The molecule has 1 saturated heterocycles. The number of hydrogen-bond donors (Lipinski definition) is 0. The number of thiophene rings is 1. The van der Waals surface area contributed by atoms with E-state index in [9.17, 15) is 4.79 Å². The summed E-state index contributed by atoms with van der Waals surface area (Å²) in [6.45, 7) is 3.90. The number of piperazine rings is 1. The summed E-state index contributed by atoms with van der Waals surface area (Å²) in [6.07, 6.45) is 5.49. The van der Waals surface area contributed by atoms with Crippen LogP contribution in [0.5, 0.6) is 0 Å². The quantitative estimate of drug-likeness (QED) is 0.819. The molecule has 18 heavy (non-hydrogen) atoms. The minimum Gasteiger partial charge on any atom is -0.336 e. The molecule has 1 amide bonds. The number of carbonyl (C=O) groups is 1. The van der Waals surface area contributed by atoms with Gasteiger partial charge in [-0.05, 0) is 24.3 Å². The molecule has 0 N–H and O–H groups in total. The molecule has 0 aromatic carbocycles. The Kier molecular flexibility index (Phi) is 3.66. The highest BCUT2D eigenvalue weighted by Crippen LogP contribution is 2.24. The number of rotatable bonds is 2. The van der Waals surface area contributed by atoms with E-state index < -0.39 is 0 Å². The summed E-state index contributed by atoms with van der Waals surface area (Å²) in [5.74, 6) is 0.210. The van der Waals surface area contributed by atoms with Crippen molar-refractivity contribution in [3.63, 3.8) is 0 Å². The van der Waals surface area contributed by atoms with Crippen LogP contribution in [-0.2, 0) is 0 Å². The lowest BCUT2D eigenvalue weighted by molar-refractivity contribution is 0.0574. The van der Waals surface area contributed by atoms with Crippen LogP contribution in [0.4, 0.5) is 0 Å². The fourth-order valence-corrected chi connectivity index (χ4v) is 3.76. The Balaban J connectivity index is 1.55. The van der Waals surface area contributed by atoms with Crippen molar-refractivity contribution in [2.45, 2.75) is 31.7 Å². The first-order chi connectivity index (χ1) is 8.84. The predicted molar refractivity (Wildman–Crippen MR) is 74.1 cm³/mol. The van der Waals surface area contributed by atoms with Crippen LogP contribution in [-0.4, -0.2) is 47.9 Å². The number of hydrogen-bond acceptors (Lipinski definition) is 3. The molecule has 0 radical (unpaired) electrons. The molecule has 1 saturated carbocycles. The molecule has 98 valence electrons. The molecule has 2 aliphatic rings. The van der Waals surface area contributed by atoms with Gasteiger partial charge in [0.2, 0.25) is 0 Å². The smallest absolute Gasteiger partial charge is 0.254 e. The Morgan fingerprint density at radius 1 is 1.17 bits per heavy atom. The highest BCUT2D eigenvalue weighted by molar-refractivity contribution is 7.08. The van der Waals surface area contributed by atoms with Crippen molar-refractivity contribution < 1.29 is 4.79 Å². The molecule has 0 unspecified atom stereocenters. The van der Waals surface area contributed by atoms with E-state index >= 15 is 0 Å². The van der Waals surface area contributed by atoms with Crippen LogP contribution in [0.2, 0.25) is 0 Å². The second-order valence-corrected chi connectivity index (χ2v) is 6.06. The van der Waals surface area contributed by atoms with Crippen molar-refractivity contribution in [3.05, 3.63) is 22.4 Å². The van der Waals surface area contributed by atoms with Crippen molar-refractivity contribution in [1.82, 2.24) is 9.80 Å². The summed E-state index contributed by atoms with van der Waals surface area (Å²) in [6, 6.07) is 2.72. The van der Waals surface area contributed by atoms with Gasteiger partial charge in [0.05, 0.1) is 5.56 Å².